The van der Waals surface area contributed by atoms with E-state index < -0.39 is 27.9 Å². The van der Waals surface area contributed by atoms with Crippen LogP contribution in [0, 0.1) is 5.82 Å². The number of carboxylic acids is 1. The highest BCUT2D eigenvalue weighted by Gasteiger charge is 2.20. The van der Waals surface area contributed by atoms with Gasteiger partial charge in [0.15, 0.2) is 0 Å². The van der Waals surface area contributed by atoms with E-state index in [1.165, 1.54) is 0 Å². The van der Waals surface area contributed by atoms with Crippen molar-refractivity contribution in [3.05, 3.63) is 30.1 Å². The summed E-state index contributed by atoms with van der Waals surface area (Å²) in [6.45, 7) is 1.72. The number of carbonyl (C=O) groups is 1. The van der Waals surface area contributed by atoms with Crippen molar-refractivity contribution in [2.45, 2.75) is 30.7 Å². The standard InChI is InChI=1S/C11H14FNO4S/c1-2-3-10(11(14)15)13-18(16,17)9-6-4-8(12)5-7-9/h4-7,10,13H,2-3H2,1H3,(H,14,15)/p-1. The summed E-state index contributed by atoms with van der Waals surface area (Å²) in [6, 6.07) is 2.82. The average Bonchev–Trinajstić information content (AvgIpc) is 2.28. The third kappa shape index (κ3) is 3.78. The number of halogens is 1. The van der Waals surface area contributed by atoms with Crippen molar-refractivity contribution in [1.29, 1.82) is 0 Å². The molecule has 0 aromatic heterocycles. The van der Waals surface area contributed by atoms with Gasteiger partial charge in [-0.05, 0) is 30.7 Å². The zero-order valence-corrected chi connectivity index (χ0v) is 10.5. The van der Waals surface area contributed by atoms with Crippen LogP contribution < -0.4 is 9.83 Å². The molecular formula is C11H13FNO4S-. The summed E-state index contributed by atoms with van der Waals surface area (Å²) in [6.07, 6.45) is 0.618. The average molecular weight is 274 g/mol. The highest BCUT2D eigenvalue weighted by Crippen LogP contribution is 2.11. The van der Waals surface area contributed by atoms with Crippen molar-refractivity contribution in [3.8, 4) is 0 Å². The van der Waals surface area contributed by atoms with Gasteiger partial charge in [0.2, 0.25) is 10.0 Å². The molecule has 0 aliphatic carbocycles. The van der Waals surface area contributed by atoms with Crippen molar-refractivity contribution in [2.24, 2.45) is 0 Å². The quantitative estimate of drug-likeness (QED) is 0.792. The summed E-state index contributed by atoms with van der Waals surface area (Å²) in [5.41, 5.74) is 0. The number of carboxylic acid groups (broad SMARTS) is 1. The van der Waals surface area contributed by atoms with Gasteiger partial charge in [0, 0.05) is 0 Å². The summed E-state index contributed by atoms with van der Waals surface area (Å²) >= 11 is 0. The number of hydrogen-bond acceptors (Lipinski definition) is 4. The van der Waals surface area contributed by atoms with Crippen LogP contribution in [0.1, 0.15) is 19.8 Å². The SMILES string of the molecule is CCCC(NS(=O)(=O)c1ccc(F)cc1)C(=O)[O-]. The monoisotopic (exact) mass is 274 g/mol. The van der Waals surface area contributed by atoms with E-state index in [4.69, 9.17) is 0 Å². The second kappa shape index (κ2) is 5.92. The van der Waals surface area contributed by atoms with E-state index in [2.05, 4.69) is 0 Å². The minimum Gasteiger partial charge on any atom is -0.548 e. The lowest BCUT2D eigenvalue weighted by Crippen LogP contribution is -2.47. The molecule has 0 saturated carbocycles. The fraction of sp³-hybridized carbons (Fsp3) is 0.364. The highest BCUT2D eigenvalue weighted by atomic mass is 32.2. The van der Waals surface area contributed by atoms with E-state index in [0.29, 0.717) is 6.42 Å². The Bertz CT molecular complexity index is 512. The minimum atomic E-state index is -3.98. The first kappa shape index (κ1) is 14.6. The van der Waals surface area contributed by atoms with Crippen LogP contribution in [0.4, 0.5) is 4.39 Å². The van der Waals surface area contributed by atoms with Crippen LogP contribution in [0.15, 0.2) is 29.2 Å². The van der Waals surface area contributed by atoms with Gasteiger partial charge in [0.25, 0.3) is 0 Å². The van der Waals surface area contributed by atoms with Gasteiger partial charge in [-0.1, -0.05) is 13.3 Å². The lowest BCUT2D eigenvalue weighted by Gasteiger charge is -2.18. The molecule has 0 fully saturated rings. The molecule has 1 rings (SSSR count). The number of nitrogens with one attached hydrogen (secondary N) is 1. The van der Waals surface area contributed by atoms with E-state index in [-0.39, 0.29) is 11.3 Å². The van der Waals surface area contributed by atoms with Gasteiger partial charge in [0.1, 0.15) is 5.82 Å². The Morgan fingerprint density at radius 1 is 1.39 bits per heavy atom. The number of hydrogen-bond donors (Lipinski definition) is 1. The molecule has 1 aromatic carbocycles. The maximum atomic E-state index is 12.7. The Morgan fingerprint density at radius 2 is 1.94 bits per heavy atom. The molecule has 1 unspecified atom stereocenters. The van der Waals surface area contributed by atoms with E-state index in [1.807, 2.05) is 4.72 Å². The number of aliphatic carboxylic acids is 1. The second-order valence-electron chi connectivity index (χ2n) is 3.74. The van der Waals surface area contributed by atoms with Gasteiger partial charge in [-0.3, -0.25) is 0 Å². The molecule has 1 N–H and O–H groups in total. The molecule has 7 heteroatoms. The van der Waals surface area contributed by atoms with Crippen LogP contribution in [0.5, 0.6) is 0 Å². The van der Waals surface area contributed by atoms with Crippen LogP contribution in [0.2, 0.25) is 0 Å². The summed E-state index contributed by atoms with van der Waals surface area (Å²) in [5.74, 6) is -2.05. The third-order valence-electron chi connectivity index (χ3n) is 2.28. The zero-order valence-electron chi connectivity index (χ0n) is 9.72. The normalized spacial score (nSPS) is 13.2. The molecule has 0 bridgehead atoms. The fourth-order valence-corrected chi connectivity index (χ4v) is 2.60. The summed E-state index contributed by atoms with van der Waals surface area (Å²) in [4.78, 5) is 10.6. The molecular weight excluding hydrogens is 261 g/mol. The van der Waals surface area contributed by atoms with Gasteiger partial charge in [-0.2, -0.15) is 0 Å². The Morgan fingerprint density at radius 3 is 2.39 bits per heavy atom. The van der Waals surface area contributed by atoms with E-state index in [1.54, 1.807) is 6.92 Å². The van der Waals surface area contributed by atoms with Gasteiger partial charge in [0.05, 0.1) is 16.9 Å². The van der Waals surface area contributed by atoms with E-state index >= 15 is 0 Å². The maximum Gasteiger partial charge on any atom is 0.241 e. The Hall–Kier alpha value is -1.47. The molecule has 5 nitrogen and oxygen atoms in total. The topological polar surface area (TPSA) is 86.3 Å². The maximum absolute atomic E-state index is 12.7. The van der Waals surface area contributed by atoms with Crippen molar-refractivity contribution in [2.75, 3.05) is 0 Å². The van der Waals surface area contributed by atoms with Crippen molar-refractivity contribution in [3.63, 3.8) is 0 Å². The van der Waals surface area contributed by atoms with Crippen LogP contribution in [0.3, 0.4) is 0 Å². The molecule has 100 valence electrons. The zero-order chi connectivity index (χ0) is 13.8. The first-order chi connectivity index (χ1) is 8.36. The number of sulfonamides is 1. The first-order valence-corrected chi connectivity index (χ1v) is 6.84. The Kier molecular flexibility index (Phi) is 4.80. The van der Waals surface area contributed by atoms with E-state index in [9.17, 15) is 22.7 Å². The summed E-state index contributed by atoms with van der Waals surface area (Å²) in [5, 5.41) is 10.8. The molecule has 0 aliphatic heterocycles. The third-order valence-corrected chi connectivity index (χ3v) is 3.77. The minimum absolute atomic E-state index is 0.128. The van der Waals surface area contributed by atoms with Gasteiger partial charge >= 0.3 is 0 Å². The molecule has 0 radical (unpaired) electrons. The van der Waals surface area contributed by atoms with Gasteiger partial charge in [-0.15, -0.1) is 0 Å². The lowest BCUT2D eigenvalue weighted by atomic mass is 10.2. The Balaban J connectivity index is 2.93. The van der Waals surface area contributed by atoms with Crippen molar-refractivity contribution >= 4 is 16.0 Å². The second-order valence-corrected chi connectivity index (χ2v) is 5.45. The molecule has 0 saturated heterocycles. The van der Waals surface area contributed by atoms with Gasteiger partial charge < -0.3 is 9.90 Å². The smallest absolute Gasteiger partial charge is 0.241 e. The lowest BCUT2D eigenvalue weighted by molar-refractivity contribution is -0.308. The summed E-state index contributed by atoms with van der Waals surface area (Å²) < 4.78 is 38.3. The number of carbonyl (C=O) groups excluding carboxylic acids is 1. The molecule has 1 aromatic rings. The molecule has 0 spiro atoms. The van der Waals surface area contributed by atoms with Crippen molar-refractivity contribution < 1.29 is 22.7 Å². The molecule has 0 heterocycles. The number of rotatable bonds is 6. The summed E-state index contributed by atoms with van der Waals surface area (Å²) in [7, 11) is -3.98. The predicted octanol–water partition coefficient (Wildman–Crippen LogP) is 0.0226. The largest absolute Gasteiger partial charge is 0.548 e. The molecule has 1 atom stereocenters. The first-order valence-electron chi connectivity index (χ1n) is 5.35. The van der Waals surface area contributed by atoms with Crippen LogP contribution in [-0.2, 0) is 14.8 Å². The van der Waals surface area contributed by atoms with Crippen LogP contribution >= 0.6 is 0 Å². The highest BCUT2D eigenvalue weighted by molar-refractivity contribution is 7.89. The van der Waals surface area contributed by atoms with Crippen molar-refractivity contribution in [1.82, 2.24) is 4.72 Å². The fourth-order valence-electron chi connectivity index (χ4n) is 1.38. The van der Waals surface area contributed by atoms with Gasteiger partial charge in [-0.25, -0.2) is 17.5 Å². The predicted molar refractivity (Wildman–Crippen MR) is 60.4 cm³/mol. The molecule has 0 aliphatic rings. The Labute approximate surface area is 105 Å². The number of benzene rings is 1. The van der Waals surface area contributed by atoms with Crippen LogP contribution in [-0.4, -0.2) is 20.4 Å². The molecule has 0 amide bonds. The van der Waals surface area contributed by atoms with E-state index in [0.717, 1.165) is 24.3 Å². The van der Waals surface area contributed by atoms with Crippen LogP contribution in [0.25, 0.3) is 0 Å². The molecule has 18 heavy (non-hydrogen) atoms.